The summed E-state index contributed by atoms with van der Waals surface area (Å²) >= 11 is 0. The first-order valence-electron chi connectivity index (χ1n) is 15.7. The van der Waals surface area contributed by atoms with Crippen LogP contribution in [0.5, 0.6) is 0 Å². The largest absolute Gasteiger partial charge is 0.595 e. The number of rotatable bonds is 11. The molecule has 8 atom stereocenters. The van der Waals surface area contributed by atoms with Gasteiger partial charge in [-0.1, -0.05) is 42.4 Å². The summed E-state index contributed by atoms with van der Waals surface area (Å²) in [7, 11) is 1.31. The molecule has 2 unspecified atom stereocenters. The molecular weight excluding hydrogens is 620 g/mol. The molecule has 0 saturated heterocycles. The standard InChI is InChI=1S/C36H42N2O10/c1-22-9-18-31(48-36(41)26-12-16-28(17-13-26)38(44)45)30-21-24(3)33(29(34(22)30)7-5-6-8-32(39)46-4)23(2)19-20-47-35(40)25-10-14-27(15-11-25)37(42)43/h5-8,10-17,19,21-22,29-31,33-34,37-38,42,44H,9,18,20H2,1-4H3/b7-5+,8-6+,23-19+/t22-,29+,30+,31-,33+,34-/m1/s1. The van der Waals surface area contributed by atoms with E-state index in [1.807, 2.05) is 26.0 Å². The molecule has 2 aliphatic carbocycles. The monoisotopic (exact) mass is 662 g/mol. The van der Waals surface area contributed by atoms with Gasteiger partial charge in [0, 0.05) is 42.2 Å². The average Bonchev–Trinajstić information content (AvgIpc) is 3.07. The fourth-order valence-electron chi connectivity index (χ4n) is 6.82. The molecule has 0 aromatic heterocycles. The van der Waals surface area contributed by atoms with Crippen LogP contribution in [0.4, 0.5) is 11.4 Å². The second-order valence-corrected chi connectivity index (χ2v) is 12.2. The molecule has 0 spiro atoms. The molecule has 0 bridgehead atoms. The van der Waals surface area contributed by atoms with Crippen LogP contribution in [0.2, 0.25) is 0 Å². The number of benzene rings is 2. The highest BCUT2D eigenvalue weighted by Gasteiger charge is 2.47. The van der Waals surface area contributed by atoms with Crippen LogP contribution in [0.3, 0.4) is 0 Å². The number of esters is 3. The SMILES string of the molecule is COC(=O)/C=C/C=C/[C@@H]1[C@@H]2[C@@H](C=C(C)[C@@H]1/C(C)=C/COC(=O)c1ccc([NH+]([O-])O)cc1)[C@H](OC(=O)c1ccc([NH+]([O-])O)cc1)CC[C@H]2C. The van der Waals surface area contributed by atoms with Crippen LogP contribution in [-0.2, 0) is 19.0 Å². The molecule has 12 nitrogen and oxygen atoms in total. The molecule has 0 radical (unpaired) electrons. The molecule has 0 heterocycles. The number of ether oxygens (including phenoxy) is 3. The van der Waals surface area contributed by atoms with Crippen molar-refractivity contribution in [2.45, 2.75) is 39.7 Å². The van der Waals surface area contributed by atoms with Gasteiger partial charge in [-0.15, -0.1) is 0 Å². The van der Waals surface area contributed by atoms with Crippen molar-refractivity contribution in [3.8, 4) is 0 Å². The molecule has 2 aliphatic rings. The maximum absolute atomic E-state index is 13.2. The average molecular weight is 663 g/mol. The van der Waals surface area contributed by atoms with Crippen LogP contribution in [0.25, 0.3) is 0 Å². The highest BCUT2D eigenvalue weighted by Crippen LogP contribution is 2.51. The van der Waals surface area contributed by atoms with Gasteiger partial charge in [-0.2, -0.15) is 10.5 Å². The normalized spacial score (nSPS) is 25.6. The van der Waals surface area contributed by atoms with Crippen molar-refractivity contribution >= 4 is 29.3 Å². The third-order valence-corrected chi connectivity index (χ3v) is 9.19. The van der Waals surface area contributed by atoms with E-state index in [1.54, 1.807) is 6.08 Å². The molecule has 48 heavy (non-hydrogen) atoms. The van der Waals surface area contributed by atoms with Gasteiger partial charge in [-0.3, -0.25) is 0 Å². The zero-order chi connectivity index (χ0) is 35.0. The minimum atomic E-state index is -1.08. The van der Waals surface area contributed by atoms with Gasteiger partial charge in [-0.05, 0) is 74.8 Å². The minimum absolute atomic E-state index is 0.0123. The lowest BCUT2D eigenvalue weighted by atomic mass is 9.57. The Morgan fingerprint density at radius 3 is 2.06 bits per heavy atom. The van der Waals surface area contributed by atoms with Gasteiger partial charge < -0.3 is 24.6 Å². The molecule has 2 aromatic rings. The van der Waals surface area contributed by atoms with E-state index in [-0.39, 0.29) is 58.7 Å². The maximum atomic E-state index is 13.2. The van der Waals surface area contributed by atoms with Crippen LogP contribution in [-0.4, -0.2) is 48.1 Å². The second kappa shape index (κ2) is 16.6. The van der Waals surface area contributed by atoms with E-state index < -0.39 is 34.5 Å². The molecule has 4 rings (SSSR count). The summed E-state index contributed by atoms with van der Waals surface area (Å²) in [5.74, 6) is -1.43. The summed E-state index contributed by atoms with van der Waals surface area (Å²) in [6.07, 6.45) is 12.0. The van der Waals surface area contributed by atoms with E-state index in [9.17, 15) is 30.0 Å². The summed E-state index contributed by atoms with van der Waals surface area (Å²) in [4.78, 5) is 37.5. The van der Waals surface area contributed by atoms with E-state index in [0.29, 0.717) is 6.42 Å². The fourth-order valence-corrected chi connectivity index (χ4v) is 6.82. The van der Waals surface area contributed by atoms with Crippen LogP contribution < -0.4 is 10.5 Å². The van der Waals surface area contributed by atoms with Crippen molar-refractivity contribution in [2.75, 3.05) is 13.7 Å². The quantitative estimate of drug-likeness (QED) is 0.0689. The first-order valence-corrected chi connectivity index (χ1v) is 15.7. The van der Waals surface area contributed by atoms with Gasteiger partial charge in [0.1, 0.15) is 12.7 Å². The van der Waals surface area contributed by atoms with Crippen molar-refractivity contribution in [2.24, 2.45) is 29.6 Å². The third-order valence-electron chi connectivity index (χ3n) is 9.19. The Bertz CT molecular complexity index is 1560. The van der Waals surface area contributed by atoms with E-state index in [4.69, 9.17) is 19.4 Å². The Balaban J connectivity index is 1.58. The second-order valence-electron chi connectivity index (χ2n) is 12.2. The topological polar surface area (TPSA) is 174 Å². The van der Waals surface area contributed by atoms with Crippen LogP contribution in [0, 0.1) is 40.0 Å². The van der Waals surface area contributed by atoms with Gasteiger partial charge in [0.05, 0.1) is 18.2 Å². The van der Waals surface area contributed by atoms with E-state index in [2.05, 4.69) is 19.1 Å². The molecule has 12 heteroatoms. The predicted octanol–water partition coefficient (Wildman–Crippen LogP) is 3.96. The lowest BCUT2D eigenvalue weighted by Crippen LogP contribution is -2.99. The minimum Gasteiger partial charge on any atom is -0.595 e. The molecular formula is C36H42N2O10. The number of carbonyl (C=O) groups excluding carboxylic acids is 3. The van der Waals surface area contributed by atoms with Gasteiger partial charge >= 0.3 is 17.9 Å². The highest BCUT2D eigenvalue weighted by molar-refractivity contribution is 5.90. The van der Waals surface area contributed by atoms with Crippen LogP contribution >= 0.6 is 0 Å². The van der Waals surface area contributed by atoms with Crippen LogP contribution in [0.15, 0.2) is 96.1 Å². The molecule has 0 aliphatic heterocycles. The summed E-state index contributed by atoms with van der Waals surface area (Å²) in [6, 6.07) is 11.2. The summed E-state index contributed by atoms with van der Waals surface area (Å²) in [5, 5.41) is 38.5. The van der Waals surface area contributed by atoms with E-state index in [1.165, 1.54) is 61.7 Å². The lowest BCUT2D eigenvalue weighted by molar-refractivity contribution is -0.991. The number of nitrogens with one attached hydrogen (secondary N) is 2. The first kappa shape index (κ1) is 36.4. The van der Waals surface area contributed by atoms with Crippen molar-refractivity contribution in [3.05, 3.63) is 118 Å². The number of carbonyl (C=O) groups is 3. The van der Waals surface area contributed by atoms with Crippen LogP contribution in [0.1, 0.15) is 54.3 Å². The molecule has 2 aromatic carbocycles. The fraction of sp³-hybridized carbons (Fsp3) is 0.361. The Kier molecular flexibility index (Phi) is 12.6. The van der Waals surface area contributed by atoms with Gasteiger partial charge in [-0.25, -0.2) is 24.8 Å². The Hall–Kier alpha value is -4.43. The molecule has 1 fully saturated rings. The van der Waals surface area contributed by atoms with Crippen molar-refractivity contribution in [1.82, 2.24) is 0 Å². The van der Waals surface area contributed by atoms with E-state index in [0.717, 1.165) is 17.6 Å². The van der Waals surface area contributed by atoms with Crippen molar-refractivity contribution in [3.63, 3.8) is 0 Å². The lowest BCUT2D eigenvalue weighted by Gasteiger charge is -2.49. The third kappa shape index (κ3) is 8.92. The smallest absolute Gasteiger partial charge is 0.338 e. The molecule has 0 amide bonds. The maximum Gasteiger partial charge on any atom is 0.338 e. The van der Waals surface area contributed by atoms with Crippen molar-refractivity contribution in [1.29, 1.82) is 0 Å². The summed E-state index contributed by atoms with van der Waals surface area (Å²) in [5.41, 5.74) is 2.72. The number of quaternary nitrogens is 2. The number of fused-ring (bicyclic) bond motifs is 1. The first-order chi connectivity index (χ1) is 22.9. The molecule has 256 valence electrons. The highest BCUT2D eigenvalue weighted by atomic mass is 16.8. The van der Waals surface area contributed by atoms with E-state index >= 15 is 0 Å². The Labute approximate surface area is 279 Å². The van der Waals surface area contributed by atoms with Gasteiger partial charge in [0.15, 0.2) is 11.4 Å². The molecule has 4 N–H and O–H groups in total. The summed E-state index contributed by atoms with van der Waals surface area (Å²) in [6.45, 7) is 6.21. The zero-order valence-electron chi connectivity index (χ0n) is 27.3. The Morgan fingerprint density at radius 2 is 1.50 bits per heavy atom. The number of hydrogen-bond acceptors (Lipinski definition) is 10. The predicted molar refractivity (Wildman–Crippen MR) is 174 cm³/mol. The Morgan fingerprint density at radius 1 is 0.917 bits per heavy atom. The number of methoxy groups -OCH3 is 1. The summed E-state index contributed by atoms with van der Waals surface area (Å²) < 4.78 is 16.3. The van der Waals surface area contributed by atoms with Gasteiger partial charge in [0.2, 0.25) is 0 Å². The zero-order valence-corrected chi connectivity index (χ0v) is 27.3. The van der Waals surface area contributed by atoms with Gasteiger partial charge in [0.25, 0.3) is 0 Å². The number of allylic oxidation sites excluding steroid dienone is 5. The number of hydrogen-bond donors (Lipinski definition) is 4. The molecule has 1 saturated carbocycles. The van der Waals surface area contributed by atoms with Crippen molar-refractivity contribution < 1.29 is 49.5 Å².